The number of amides is 1. The third-order valence-corrected chi connectivity index (χ3v) is 4.36. The molecular weight excluding hydrogens is 252 g/mol. The Bertz CT molecular complexity index is 369. The predicted octanol–water partition coefficient (Wildman–Crippen LogP) is 4.01. The fraction of sp³-hybridized carbons (Fsp3) is 0.875. The van der Waals surface area contributed by atoms with Crippen LogP contribution in [0, 0.1) is 22.7 Å². The number of hydrogen-bond acceptors (Lipinski definition) is 3. The Hall–Kier alpha value is -1.24. The summed E-state index contributed by atoms with van der Waals surface area (Å²) in [6, 6.07) is 2.51. The lowest BCUT2D eigenvalue weighted by Crippen LogP contribution is -2.44. The lowest BCUT2D eigenvalue weighted by molar-refractivity contribution is 0.0443. The molecule has 1 amide bonds. The zero-order valence-corrected chi connectivity index (χ0v) is 13.5. The van der Waals surface area contributed by atoms with E-state index in [9.17, 15) is 4.79 Å². The number of hydrogen-bond donors (Lipinski definition) is 1. The van der Waals surface area contributed by atoms with E-state index in [1.807, 2.05) is 20.8 Å². The molecule has 20 heavy (non-hydrogen) atoms. The normalized spacial score (nSPS) is 26.9. The summed E-state index contributed by atoms with van der Waals surface area (Å²) in [4.78, 5) is 11.8. The van der Waals surface area contributed by atoms with Gasteiger partial charge >= 0.3 is 6.09 Å². The first-order valence-electron chi connectivity index (χ1n) is 7.55. The molecule has 0 heterocycles. The lowest BCUT2D eigenvalue weighted by atomic mass is 9.64. The van der Waals surface area contributed by atoms with Gasteiger partial charge in [-0.1, -0.05) is 13.8 Å². The van der Waals surface area contributed by atoms with Crippen molar-refractivity contribution in [2.75, 3.05) is 0 Å². The monoisotopic (exact) mass is 280 g/mol. The van der Waals surface area contributed by atoms with E-state index < -0.39 is 5.60 Å². The molecule has 0 radical (unpaired) electrons. The van der Waals surface area contributed by atoms with Gasteiger partial charge in [0.25, 0.3) is 0 Å². The molecular formula is C16H28N2O2. The zero-order chi connectivity index (χ0) is 15.4. The molecule has 0 aromatic rings. The van der Waals surface area contributed by atoms with Crippen LogP contribution in [0.3, 0.4) is 0 Å². The van der Waals surface area contributed by atoms with Gasteiger partial charge in [-0.3, -0.25) is 0 Å². The van der Waals surface area contributed by atoms with Crippen molar-refractivity contribution in [2.45, 2.75) is 78.4 Å². The van der Waals surface area contributed by atoms with E-state index in [2.05, 4.69) is 25.2 Å². The second kappa shape index (κ2) is 6.47. The molecule has 1 rings (SSSR count). The van der Waals surface area contributed by atoms with Gasteiger partial charge in [0, 0.05) is 12.5 Å². The van der Waals surface area contributed by atoms with E-state index >= 15 is 0 Å². The summed E-state index contributed by atoms with van der Waals surface area (Å²) >= 11 is 0. The molecule has 1 aliphatic carbocycles. The van der Waals surface area contributed by atoms with Gasteiger partial charge in [0.2, 0.25) is 0 Å². The molecule has 1 aliphatic rings. The van der Waals surface area contributed by atoms with Crippen molar-refractivity contribution >= 4 is 6.09 Å². The molecule has 0 spiro atoms. The maximum absolute atomic E-state index is 11.8. The fourth-order valence-corrected chi connectivity index (χ4v) is 2.93. The van der Waals surface area contributed by atoms with Crippen molar-refractivity contribution in [3.63, 3.8) is 0 Å². The van der Waals surface area contributed by atoms with Crippen molar-refractivity contribution < 1.29 is 9.53 Å². The molecule has 0 saturated heterocycles. The summed E-state index contributed by atoms with van der Waals surface area (Å²) in [6.45, 7) is 9.98. The van der Waals surface area contributed by atoms with Crippen LogP contribution < -0.4 is 5.32 Å². The maximum atomic E-state index is 11.8. The molecule has 1 saturated carbocycles. The van der Waals surface area contributed by atoms with Crippen LogP contribution in [0.4, 0.5) is 4.79 Å². The number of nitriles is 1. The van der Waals surface area contributed by atoms with Crippen molar-refractivity contribution in [1.82, 2.24) is 5.32 Å². The number of nitrogens with zero attached hydrogens (tertiary/aromatic N) is 1. The Morgan fingerprint density at radius 2 is 1.95 bits per heavy atom. The van der Waals surface area contributed by atoms with Gasteiger partial charge < -0.3 is 10.1 Å². The molecule has 114 valence electrons. The van der Waals surface area contributed by atoms with E-state index in [1.54, 1.807) is 0 Å². The second-order valence-corrected chi connectivity index (χ2v) is 7.27. The molecule has 4 nitrogen and oxygen atoms in total. The zero-order valence-electron chi connectivity index (χ0n) is 13.5. The highest BCUT2D eigenvalue weighted by Crippen LogP contribution is 2.45. The highest BCUT2D eigenvalue weighted by molar-refractivity contribution is 5.68. The van der Waals surface area contributed by atoms with Crippen molar-refractivity contribution in [2.24, 2.45) is 11.3 Å². The van der Waals surface area contributed by atoms with Crippen LogP contribution in [0.1, 0.15) is 66.7 Å². The summed E-state index contributed by atoms with van der Waals surface area (Å²) < 4.78 is 5.28. The average molecular weight is 280 g/mol. The van der Waals surface area contributed by atoms with Crippen LogP contribution in [0.2, 0.25) is 0 Å². The average Bonchev–Trinajstić information content (AvgIpc) is 2.29. The minimum atomic E-state index is -0.457. The van der Waals surface area contributed by atoms with Crippen LogP contribution >= 0.6 is 0 Å². The highest BCUT2D eigenvalue weighted by Gasteiger charge is 2.38. The Kier molecular flexibility index (Phi) is 5.44. The van der Waals surface area contributed by atoms with Gasteiger partial charge in [-0.2, -0.15) is 5.26 Å². The maximum Gasteiger partial charge on any atom is 0.407 e. The molecule has 1 N–H and O–H groups in total. The van der Waals surface area contributed by atoms with E-state index in [1.165, 1.54) is 0 Å². The third-order valence-electron chi connectivity index (χ3n) is 4.36. The van der Waals surface area contributed by atoms with Crippen molar-refractivity contribution in [3.05, 3.63) is 0 Å². The number of rotatable bonds is 3. The van der Waals surface area contributed by atoms with Crippen LogP contribution in [0.25, 0.3) is 0 Å². The van der Waals surface area contributed by atoms with Crippen LogP contribution in [-0.2, 0) is 4.74 Å². The minimum absolute atomic E-state index is 0.126. The molecule has 0 aromatic heterocycles. The largest absolute Gasteiger partial charge is 0.444 e. The van der Waals surface area contributed by atoms with Gasteiger partial charge in [0.15, 0.2) is 0 Å². The quantitative estimate of drug-likeness (QED) is 0.849. The molecule has 0 atom stereocenters. The minimum Gasteiger partial charge on any atom is -0.444 e. The van der Waals surface area contributed by atoms with Gasteiger partial charge in [0.1, 0.15) is 5.60 Å². The number of nitrogens with one attached hydrogen (secondary N) is 1. The number of ether oxygens (including phenoxy) is 1. The molecule has 1 fully saturated rings. The first kappa shape index (κ1) is 16.8. The topological polar surface area (TPSA) is 62.1 Å². The summed E-state index contributed by atoms with van der Waals surface area (Å²) in [7, 11) is 0. The van der Waals surface area contributed by atoms with Gasteiger partial charge in [-0.05, 0) is 57.8 Å². The van der Waals surface area contributed by atoms with Gasteiger partial charge in [-0.25, -0.2) is 4.79 Å². The van der Waals surface area contributed by atoms with Crippen molar-refractivity contribution in [1.29, 1.82) is 5.26 Å². The van der Waals surface area contributed by atoms with Gasteiger partial charge in [-0.15, -0.1) is 0 Å². The van der Waals surface area contributed by atoms with Crippen LogP contribution in [-0.4, -0.2) is 17.7 Å². The smallest absolute Gasteiger partial charge is 0.407 e. The lowest BCUT2D eigenvalue weighted by Gasteiger charge is -2.42. The molecule has 0 unspecified atom stereocenters. The molecule has 4 heteroatoms. The standard InChI is InChI=1S/C16H28N2O2/c1-12(2)16(10-11-17)8-6-13(7-9-16)18-14(19)20-15(3,4)5/h12-13H,6-10H2,1-5H3,(H,18,19)/t13-,16-. The Morgan fingerprint density at radius 3 is 2.35 bits per heavy atom. The van der Waals surface area contributed by atoms with E-state index in [4.69, 9.17) is 10.00 Å². The van der Waals surface area contributed by atoms with Gasteiger partial charge in [0.05, 0.1) is 6.07 Å². The number of alkyl carbamates (subject to hydrolysis) is 1. The first-order chi connectivity index (χ1) is 9.18. The van der Waals surface area contributed by atoms with Crippen molar-refractivity contribution in [3.8, 4) is 6.07 Å². The SMILES string of the molecule is CC(C)[C@]1(CC#N)CC[C@@H](NC(=O)OC(C)(C)C)CC1. The number of carbonyl (C=O) groups excluding carboxylic acids is 1. The summed E-state index contributed by atoms with van der Waals surface area (Å²) in [6.07, 6.45) is 4.14. The van der Waals surface area contributed by atoms with E-state index in [-0.39, 0.29) is 17.6 Å². The summed E-state index contributed by atoms with van der Waals surface area (Å²) in [5.41, 5.74) is -0.331. The number of carbonyl (C=O) groups is 1. The Labute approximate surface area is 122 Å². The fourth-order valence-electron chi connectivity index (χ4n) is 2.93. The first-order valence-corrected chi connectivity index (χ1v) is 7.55. The summed E-state index contributed by atoms with van der Waals surface area (Å²) in [5.74, 6) is 0.504. The molecule has 0 aliphatic heterocycles. The van der Waals surface area contributed by atoms with Crippen LogP contribution in [0.15, 0.2) is 0 Å². The summed E-state index contributed by atoms with van der Waals surface area (Å²) in [5, 5.41) is 12.0. The third kappa shape index (κ3) is 4.70. The Balaban J connectivity index is 2.50. The molecule has 0 bridgehead atoms. The molecule has 0 aromatic carbocycles. The predicted molar refractivity (Wildman–Crippen MR) is 79.1 cm³/mol. The Morgan fingerprint density at radius 1 is 1.40 bits per heavy atom. The van der Waals surface area contributed by atoms with Crippen LogP contribution in [0.5, 0.6) is 0 Å². The van der Waals surface area contributed by atoms with E-state index in [0.717, 1.165) is 25.7 Å². The second-order valence-electron chi connectivity index (χ2n) is 7.27. The highest BCUT2D eigenvalue weighted by atomic mass is 16.6. The van der Waals surface area contributed by atoms with E-state index in [0.29, 0.717) is 12.3 Å².